The van der Waals surface area contributed by atoms with E-state index in [0.717, 1.165) is 0 Å². The molecule has 1 unspecified atom stereocenters. The van der Waals surface area contributed by atoms with Crippen molar-refractivity contribution in [1.82, 2.24) is 9.55 Å². The summed E-state index contributed by atoms with van der Waals surface area (Å²) >= 11 is 0. The number of hydrogen-bond donors (Lipinski definition) is 1. The third-order valence-corrected chi connectivity index (χ3v) is 4.28. The van der Waals surface area contributed by atoms with E-state index in [-0.39, 0.29) is 11.1 Å². The highest BCUT2D eigenvalue weighted by molar-refractivity contribution is 5.32. The van der Waals surface area contributed by atoms with Crippen molar-refractivity contribution in [2.45, 2.75) is 71.4 Å². The van der Waals surface area contributed by atoms with E-state index >= 15 is 0 Å². The van der Waals surface area contributed by atoms with Crippen LogP contribution in [-0.4, -0.2) is 15.6 Å². The zero-order chi connectivity index (χ0) is 14.8. The van der Waals surface area contributed by atoms with Crippen molar-refractivity contribution in [3.05, 3.63) is 22.7 Å². The molecule has 1 atom stereocenters. The fourth-order valence-electron chi connectivity index (χ4n) is 3.01. The normalized spacial score (nSPS) is 18.8. The molecule has 1 aliphatic carbocycles. The Bertz CT molecular complexity index is 495. The van der Waals surface area contributed by atoms with Crippen molar-refractivity contribution in [1.29, 1.82) is 0 Å². The van der Waals surface area contributed by atoms with Crippen LogP contribution in [-0.2, 0) is 5.54 Å². The molecule has 0 saturated heterocycles. The Morgan fingerprint density at radius 3 is 2.55 bits per heavy atom. The predicted octanol–water partition coefficient (Wildman–Crippen LogP) is 3.38. The molecule has 0 radical (unpaired) electrons. The molecule has 4 heteroatoms. The van der Waals surface area contributed by atoms with Crippen LogP contribution in [0.2, 0.25) is 0 Å². The standard InChI is InChI=1S/C16H27N3O/c1-12(13-8-6-5-7-9-13)18-14-15(20)19(11-10-17-14)16(2,3)4/h10-13H,5-9H2,1-4H3,(H,17,18). The first kappa shape index (κ1) is 15.1. The van der Waals surface area contributed by atoms with Gasteiger partial charge in [0, 0.05) is 24.0 Å². The molecule has 1 heterocycles. The smallest absolute Gasteiger partial charge is 0.293 e. The molecule has 0 spiro atoms. The van der Waals surface area contributed by atoms with Gasteiger partial charge >= 0.3 is 0 Å². The summed E-state index contributed by atoms with van der Waals surface area (Å²) in [5, 5.41) is 3.35. The van der Waals surface area contributed by atoms with Crippen LogP contribution in [0.1, 0.15) is 59.8 Å². The van der Waals surface area contributed by atoms with Crippen LogP contribution in [0.4, 0.5) is 5.82 Å². The van der Waals surface area contributed by atoms with Crippen LogP contribution in [0.3, 0.4) is 0 Å². The van der Waals surface area contributed by atoms with Crippen molar-refractivity contribution < 1.29 is 0 Å². The summed E-state index contributed by atoms with van der Waals surface area (Å²) in [7, 11) is 0. The van der Waals surface area contributed by atoms with Crippen molar-refractivity contribution in [3.8, 4) is 0 Å². The van der Waals surface area contributed by atoms with E-state index in [1.54, 1.807) is 17.0 Å². The first-order valence-electron chi connectivity index (χ1n) is 7.74. The van der Waals surface area contributed by atoms with E-state index in [1.165, 1.54) is 32.1 Å². The lowest BCUT2D eigenvalue weighted by atomic mass is 9.84. The molecule has 4 nitrogen and oxygen atoms in total. The summed E-state index contributed by atoms with van der Waals surface area (Å²) < 4.78 is 1.75. The van der Waals surface area contributed by atoms with Crippen LogP contribution in [0, 0.1) is 5.92 Å². The van der Waals surface area contributed by atoms with Gasteiger partial charge in [-0.3, -0.25) is 4.79 Å². The predicted molar refractivity (Wildman–Crippen MR) is 83.2 cm³/mol. The molecule has 0 bridgehead atoms. The average Bonchev–Trinajstić information content (AvgIpc) is 2.40. The van der Waals surface area contributed by atoms with E-state index in [4.69, 9.17) is 0 Å². The monoisotopic (exact) mass is 277 g/mol. The summed E-state index contributed by atoms with van der Waals surface area (Å²) in [6.07, 6.45) is 9.96. The lowest BCUT2D eigenvalue weighted by Crippen LogP contribution is -2.37. The number of anilines is 1. The Balaban J connectivity index is 2.15. The van der Waals surface area contributed by atoms with Gasteiger partial charge in [-0.15, -0.1) is 0 Å². The van der Waals surface area contributed by atoms with Gasteiger partial charge in [-0.1, -0.05) is 19.3 Å². The Kier molecular flexibility index (Phi) is 4.51. The Morgan fingerprint density at radius 1 is 1.30 bits per heavy atom. The second-order valence-electron chi connectivity index (χ2n) is 6.95. The molecular formula is C16H27N3O. The summed E-state index contributed by atoms with van der Waals surface area (Å²) in [5.41, 5.74) is -0.243. The largest absolute Gasteiger partial charge is 0.363 e. The zero-order valence-electron chi connectivity index (χ0n) is 13.1. The minimum atomic E-state index is -0.218. The fourth-order valence-corrected chi connectivity index (χ4v) is 3.01. The number of nitrogens with one attached hydrogen (secondary N) is 1. The molecule has 1 aromatic rings. The van der Waals surface area contributed by atoms with Crippen molar-refractivity contribution in [2.24, 2.45) is 5.92 Å². The van der Waals surface area contributed by atoms with E-state index in [0.29, 0.717) is 17.8 Å². The van der Waals surface area contributed by atoms with Crippen LogP contribution in [0.25, 0.3) is 0 Å². The zero-order valence-corrected chi connectivity index (χ0v) is 13.1. The Morgan fingerprint density at radius 2 is 1.95 bits per heavy atom. The SMILES string of the molecule is CC(Nc1nccn(C(C)(C)C)c1=O)C1CCCCC1. The molecule has 1 N–H and O–H groups in total. The van der Waals surface area contributed by atoms with E-state index in [2.05, 4.69) is 17.2 Å². The fraction of sp³-hybridized carbons (Fsp3) is 0.750. The highest BCUT2D eigenvalue weighted by atomic mass is 16.1. The first-order chi connectivity index (χ1) is 9.39. The average molecular weight is 277 g/mol. The number of aromatic nitrogens is 2. The van der Waals surface area contributed by atoms with Crippen LogP contribution < -0.4 is 10.9 Å². The molecule has 1 saturated carbocycles. The van der Waals surface area contributed by atoms with Crippen molar-refractivity contribution in [3.63, 3.8) is 0 Å². The first-order valence-corrected chi connectivity index (χ1v) is 7.74. The second-order valence-corrected chi connectivity index (χ2v) is 6.95. The lowest BCUT2D eigenvalue weighted by molar-refractivity contribution is 0.327. The minimum Gasteiger partial charge on any atom is -0.363 e. The molecule has 0 amide bonds. The molecular weight excluding hydrogens is 250 g/mol. The molecule has 2 rings (SSSR count). The number of hydrogen-bond acceptors (Lipinski definition) is 3. The van der Waals surface area contributed by atoms with E-state index in [9.17, 15) is 4.79 Å². The van der Waals surface area contributed by atoms with Crippen LogP contribution in [0.5, 0.6) is 0 Å². The van der Waals surface area contributed by atoms with Crippen molar-refractivity contribution in [2.75, 3.05) is 5.32 Å². The molecule has 1 fully saturated rings. The van der Waals surface area contributed by atoms with Gasteiger partial charge in [0.1, 0.15) is 0 Å². The van der Waals surface area contributed by atoms with E-state index in [1.807, 2.05) is 20.8 Å². The second kappa shape index (κ2) is 5.98. The van der Waals surface area contributed by atoms with Gasteiger partial charge in [-0.2, -0.15) is 0 Å². The Labute approximate surface area is 121 Å². The molecule has 0 aliphatic heterocycles. The molecule has 20 heavy (non-hydrogen) atoms. The molecule has 1 aliphatic rings. The maximum absolute atomic E-state index is 12.5. The quantitative estimate of drug-likeness (QED) is 0.921. The molecule has 112 valence electrons. The van der Waals surface area contributed by atoms with Gasteiger partial charge in [0.15, 0.2) is 5.82 Å². The van der Waals surface area contributed by atoms with Gasteiger partial charge in [-0.25, -0.2) is 4.98 Å². The van der Waals surface area contributed by atoms with Crippen LogP contribution >= 0.6 is 0 Å². The highest BCUT2D eigenvalue weighted by Gasteiger charge is 2.22. The van der Waals surface area contributed by atoms with Crippen LogP contribution in [0.15, 0.2) is 17.2 Å². The van der Waals surface area contributed by atoms with Gasteiger partial charge in [0.2, 0.25) is 0 Å². The topological polar surface area (TPSA) is 46.9 Å². The summed E-state index contributed by atoms with van der Waals surface area (Å²) in [5.74, 6) is 1.15. The summed E-state index contributed by atoms with van der Waals surface area (Å²) in [6, 6.07) is 0.311. The summed E-state index contributed by atoms with van der Waals surface area (Å²) in [4.78, 5) is 16.7. The summed E-state index contributed by atoms with van der Waals surface area (Å²) in [6.45, 7) is 8.26. The Hall–Kier alpha value is -1.32. The molecule has 1 aromatic heterocycles. The third kappa shape index (κ3) is 3.41. The van der Waals surface area contributed by atoms with Gasteiger partial charge in [-0.05, 0) is 46.5 Å². The van der Waals surface area contributed by atoms with Gasteiger partial charge in [0.25, 0.3) is 5.56 Å². The molecule has 0 aromatic carbocycles. The van der Waals surface area contributed by atoms with E-state index < -0.39 is 0 Å². The third-order valence-electron chi connectivity index (χ3n) is 4.28. The highest BCUT2D eigenvalue weighted by Crippen LogP contribution is 2.27. The maximum Gasteiger partial charge on any atom is 0.293 e. The number of nitrogens with zero attached hydrogens (tertiary/aromatic N) is 2. The minimum absolute atomic E-state index is 0.0253. The lowest BCUT2D eigenvalue weighted by Gasteiger charge is -2.29. The van der Waals surface area contributed by atoms with Gasteiger partial charge < -0.3 is 9.88 Å². The maximum atomic E-state index is 12.5. The van der Waals surface area contributed by atoms with Gasteiger partial charge in [0.05, 0.1) is 0 Å². The van der Waals surface area contributed by atoms with Crippen molar-refractivity contribution >= 4 is 5.82 Å². The number of rotatable bonds is 3.